The molecule has 1 atom stereocenters. The second-order valence-corrected chi connectivity index (χ2v) is 6.81. The summed E-state index contributed by atoms with van der Waals surface area (Å²) >= 11 is 0. The summed E-state index contributed by atoms with van der Waals surface area (Å²) in [4.78, 5) is 24.4. The number of H-pyrrole nitrogens is 1. The molecule has 3 aromatic rings. The summed E-state index contributed by atoms with van der Waals surface area (Å²) in [6.07, 6.45) is 0.834. The lowest BCUT2D eigenvalue weighted by molar-refractivity contribution is -0.122. The van der Waals surface area contributed by atoms with Gasteiger partial charge in [-0.1, -0.05) is 37.2 Å². The van der Waals surface area contributed by atoms with Gasteiger partial charge in [-0.05, 0) is 25.3 Å². The number of hydrogen-bond acceptors (Lipinski definition) is 5. The van der Waals surface area contributed by atoms with Gasteiger partial charge in [-0.3, -0.25) is 9.59 Å². The summed E-state index contributed by atoms with van der Waals surface area (Å²) in [5.74, 6) is 0.383. The van der Waals surface area contributed by atoms with Gasteiger partial charge in [0.15, 0.2) is 5.76 Å². The Kier molecular flexibility index (Phi) is 5.16. The van der Waals surface area contributed by atoms with Gasteiger partial charge in [0.25, 0.3) is 5.56 Å². The van der Waals surface area contributed by atoms with Crippen LogP contribution in [0.5, 0.6) is 0 Å². The Labute approximate surface area is 150 Å². The van der Waals surface area contributed by atoms with E-state index < -0.39 is 5.92 Å². The molecule has 7 nitrogen and oxygen atoms in total. The molecule has 26 heavy (non-hydrogen) atoms. The smallest absolute Gasteiger partial charge is 0.272 e. The van der Waals surface area contributed by atoms with Gasteiger partial charge in [0.2, 0.25) is 5.91 Å². The Morgan fingerprint density at radius 1 is 1.23 bits per heavy atom. The quantitative estimate of drug-likeness (QED) is 0.708. The third-order valence-electron chi connectivity index (χ3n) is 4.19. The van der Waals surface area contributed by atoms with E-state index in [9.17, 15) is 9.59 Å². The van der Waals surface area contributed by atoms with Crippen LogP contribution in [0.2, 0.25) is 0 Å². The first-order valence-electron chi connectivity index (χ1n) is 8.65. The van der Waals surface area contributed by atoms with Gasteiger partial charge in [0.05, 0.1) is 29.2 Å². The van der Waals surface area contributed by atoms with Gasteiger partial charge < -0.3 is 9.84 Å². The molecule has 2 aromatic heterocycles. The minimum Gasteiger partial charge on any atom is -0.359 e. The molecule has 0 spiro atoms. The Morgan fingerprint density at radius 2 is 1.96 bits per heavy atom. The van der Waals surface area contributed by atoms with Crippen LogP contribution in [0.15, 0.2) is 39.6 Å². The molecule has 0 fully saturated rings. The van der Waals surface area contributed by atoms with Crippen molar-refractivity contribution in [2.45, 2.75) is 39.7 Å². The molecule has 0 saturated heterocycles. The second kappa shape index (κ2) is 7.51. The molecule has 7 heteroatoms. The highest BCUT2D eigenvalue weighted by molar-refractivity contribution is 5.90. The first-order valence-corrected chi connectivity index (χ1v) is 8.65. The third-order valence-corrected chi connectivity index (χ3v) is 4.19. The summed E-state index contributed by atoms with van der Waals surface area (Å²) in [5.41, 5.74) is 1.15. The first kappa shape index (κ1) is 17.8. The normalized spacial score (nSPS) is 12.5. The predicted molar refractivity (Wildman–Crippen MR) is 97.7 cm³/mol. The molecule has 1 unspecified atom stereocenters. The van der Waals surface area contributed by atoms with E-state index >= 15 is 0 Å². The van der Waals surface area contributed by atoms with E-state index in [1.165, 1.54) is 0 Å². The van der Waals surface area contributed by atoms with Crippen LogP contribution >= 0.6 is 0 Å². The number of aromatic nitrogens is 3. The summed E-state index contributed by atoms with van der Waals surface area (Å²) < 4.78 is 5.26. The van der Waals surface area contributed by atoms with Crippen molar-refractivity contribution in [3.8, 4) is 0 Å². The van der Waals surface area contributed by atoms with E-state index in [2.05, 4.69) is 34.5 Å². The van der Waals surface area contributed by atoms with Crippen molar-refractivity contribution >= 4 is 16.7 Å². The number of nitrogens with one attached hydrogen (secondary N) is 2. The molecule has 1 aromatic carbocycles. The molecule has 3 rings (SSSR count). The lowest BCUT2D eigenvalue weighted by Gasteiger charge is -2.12. The summed E-state index contributed by atoms with van der Waals surface area (Å²) in [6, 6.07) is 8.98. The lowest BCUT2D eigenvalue weighted by atomic mass is 10.0. The monoisotopic (exact) mass is 354 g/mol. The summed E-state index contributed by atoms with van der Waals surface area (Å²) in [6.45, 7) is 6.24. The lowest BCUT2D eigenvalue weighted by Crippen LogP contribution is -2.28. The Hall–Kier alpha value is -2.96. The SMILES string of the molecule is CC(C)Cc1cc(CNC(=O)C(C)c2n[nH]c(=O)c3ccccc23)on1. The van der Waals surface area contributed by atoms with Crippen LogP contribution < -0.4 is 10.9 Å². The Morgan fingerprint density at radius 3 is 2.69 bits per heavy atom. The number of fused-ring (bicyclic) bond motifs is 1. The van der Waals surface area contributed by atoms with Crippen molar-refractivity contribution in [2.24, 2.45) is 5.92 Å². The number of carbonyl (C=O) groups is 1. The van der Waals surface area contributed by atoms with Crippen LogP contribution in [-0.2, 0) is 17.8 Å². The van der Waals surface area contributed by atoms with Gasteiger partial charge in [0, 0.05) is 11.5 Å². The van der Waals surface area contributed by atoms with Crippen molar-refractivity contribution in [1.82, 2.24) is 20.7 Å². The van der Waals surface area contributed by atoms with Crippen molar-refractivity contribution < 1.29 is 9.32 Å². The minimum absolute atomic E-state index is 0.198. The maximum Gasteiger partial charge on any atom is 0.272 e. The van der Waals surface area contributed by atoms with Crippen molar-refractivity contribution in [3.05, 3.63) is 57.8 Å². The number of aromatic amines is 1. The highest BCUT2D eigenvalue weighted by Gasteiger charge is 2.20. The average molecular weight is 354 g/mol. The van der Waals surface area contributed by atoms with Gasteiger partial charge in [-0.25, -0.2) is 5.10 Å². The third kappa shape index (κ3) is 3.82. The number of rotatable bonds is 6. The fourth-order valence-corrected chi connectivity index (χ4v) is 2.87. The van der Waals surface area contributed by atoms with Gasteiger partial charge in [-0.15, -0.1) is 0 Å². The molecule has 136 valence electrons. The molecule has 0 aliphatic heterocycles. The maximum absolute atomic E-state index is 12.5. The molecule has 2 N–H and O–H groups in total. The van der Waals surface area contributed by atoms with Gasteiger partial charge in [-0.2, -0.15) is 5.10 Å². The standard InChI is InChI=1S/C19H22N4O3/c1-11(2)8-13-9-14(26-23-13)10-20-18(24)12(3)17-15-6-4-5-7-16(15)19(25)22-21-17/h4-7,9,11-12H,8,10H2,1-3H3,(H,20,24)(H,22,25). The zero-order chi connectivity index (χ0) is 18.7. The average Bonchev–Trinajstić information content (AvgIpc) is 3.06. The molecule has 0 saturated carbocycles. The summed E-state index contributed by atoms with van der Waals surface area (Å²) in [7, 11) is 0. The highest BCUT2D eigenvalue weighted by Crippen LogP contribution is 2.21. The second-order valence-electron chi connectivity index (χ2n) is 6.81. The van der Waals surface area contributed by atoms with Crippen LogP contribution in [0.3, 0.4) is 0 Å². The van der Waals surface area contributed by atoms with E-state index in [1.807, 2.05) is 12.1 Å². The zero-order valence-corrected chi connectivity index (χ0v) is 15.1. The van der Waals surface area contributed by atoms with Gasteiger partial charge in [0.1, 0.15) is 0 Å². The number of carbonyl (C=O) groups excluding carboxylic acids is 1. The highest BCUT2D eigenvalue weighted by atomic mass is 16.5. The molecular weight excluding hydrogens is 332 g/mol. The van der Waals surface area contributed by atoms with Crippen LogP contribution in [0.1, 0.15) is 43.8 Å². The maximum atomic E-state index is 12.5. The molecule has 0 aliphatic carbocycles. The van der Waals surface area contributed by atoms with Crippen LogP contribution in [0.25, 0.3) is 10.8 Å². The van der Waals surface area contributed by atoms with Crippen molar-refractivity contribution in [1.29, 1.82) is 0 Å². The number of nitrogens with zero attached hydrogens (tertiary/aromatic N) is 2. The Bertz CT molecular complexity index is 974. The van der Waals surface area contributed by atoms with E-state index in [4.69, 9.17) is 4.52 Å². The fraction of sp³-hybridized carbons (Fsp3) is 0.368. The molecule has 1 amide bonds. The predicted octanol–water partition coefficient (Wildman–Crippen LogP) is 2.53. The first-order chi connectivity index (χ1) is 12.5. The number of hydrogen-bond donors (Lipinski definition) is 2. The largest absolute Gasteiger partial charge is 0.359 e. The zero-order valence-electron chi connectivity index (χ0n) is 15.1. The van der Waals surface area contributed by atoms with Crippen LogP contribution in [0, 0.1) is 5.92 Å². The molecule has 0 radical (unpaired) electrons. The van der Waals surface area contributed by atoms with E-state index in [0.29, 0.717) is 28.1 Å². The van der Waals surface area contributed by atoms with Crippen molar-refractivity contribution in [3.63, 3.8) is 0 Å². The molecule has 0 aliphatic rings. The fourth-order valence-electron chi connectivity index (χ4n) is 2.87. The van der Waals surface area contributed by atoms with E-state index in [-0.39, 0.29) is 18.0 Å². The molecular formula is C19H22N4O3. The summed E-state index contributed by atoms with van der Waals surface area (Å²) in [5, 5.41) is 14.6. The molecule has 0 bridgehead atoms. The van der Waals surface area contributed by atoms with Crippen LogP contribution in [-0.4, -0.2) is 21.3 Å². The minimum atomic E-state index is -0.519. The van der Waals surface area contributed by atoms with Crippen LogP contribution in [0.4, 0.5) is 0 Å². The topological polar surface area (TPSA) is 101 Å². The van der Waals surface area contributed by atoms with E-state index in [0.717, 1.165) is 12.1 Å². The Balaban J connectivity index is 1.72. The van der Waals surface area contributed by atoms with E-state index in [1.54, 1.807) is 25.1 Å². The van der Waals surface area contributed by atoms with Gasteiger partial charge >= 0.3 is 0 Å². The van der Waals surface area contributed by atoms with Crippen molar-refractivity contribution in [2.75, 3.05) is 0 Å². The number of benzene rings is 1. The molecule has 2 heterocycles. The number of amides is 1.